The molecule has 0 fully saturated rings. The Morgan fingerprint density at radius 2 is 1.85 bits per heavy atom. The average Bonchev–Trinajstić information content (AvgIpc) is 3.39. The van der Waals surface area contributed by atoms with Gasteiger partial charge in [-0.3, -0.25) is 24.6 Å². The van der Waals surface area contributed by atoms with Gasteiger partial charge >= 0.3 is 6.09 Å². The van der Waals surface area contributed by atoms with Crippen molar-refractivity contribution in [2.24, 2.45) is 0 Å². The summed E-state index contributed by atoms with van der Waals surface area (Å²) >= 11 is 0. The van der Waals surface area contributed by atoms with E-state index in [0.29, 0.717) is 12.0 Å². The summed E-state index contributed by atoms with van der Waals surface area (Å²) in [6, 6.07) is 11.3. The molecule has 3 aromatic rings. The van der Waals surface area contributed by atoms with Crippen LogP contribution < -0.4 is 5.32 Å². The van der Waals surface area contributed by atoms with Crippen LogP contribution in [-0.4, -0.2) is 44.4 Å². The maximum absolute atomic E-state index is 13.0. The summed E-state index contributed by atoms with van der Waals surface area (Å²) in [4.78, 5) is 52.6. The van der Waals surface area contributed by atoms with Crippen LogP contribution >= 0.6 is 0 Å². The lowest BCUT2D eigenvalue weighted by Crippen LogP contribution is -2.35. The molecule has 3 amide bonds. The fourth-order valence-electron chi connectivity index (χ4n) is 3.69. The number of nitro benzene ring substituents is 1. The highest BCUT2D eigenvalue weighted by molar-refractivity contribution is 6.21. The van der Waals surface area contributed by atoms with E-state index in [1.54, 1.807) is 30.3 Å². The molecular weight excluding hydrogens is 432 g/mol. The fraction of sp³-hybridized carbons (Fsp3) is 0.182. The Morgan fingerprint density at radius 3 is 2.48 bits per heavy atom. The van der Waals surface area contributed by atoms with Crippen molar-refractivity contribution >= 4 is 23.6 Å². The minimum absolute atomic E-state index is 0.0707. The molecule has 11 heteroatoms. The van der Waals surface area contributed by atoms with Gasteiger partial charge in [0.25, 0.3) is 17.5 Å². The number of carbonyl (C=O) groups excluding carboxylic acids is 2. The number of carboxylic acid groups (broad SMARTS) is 1. The van der Waals surface area contributed by atoms with Crippen molar-refractivity contribution in [2.45, 2.75) is 18.9 Å². The normalized spacial score (nSPS) is 13.6. The molecule has 2 N–H and O–H groups in total. The van der Waals surface area contributed by atoms with Crippen molar-refractivity contribution in [1.29, 1.82) is 0 Å². The van der Waals surface area contributed by atoms with Crippen LogP contribution in [0.25, 0.3) is 11.3 Å². The van der Waals surface area contributed by atoms with Crippen molar-refractivity contribution in [3.8, 4) is 11.3 Å². The first-order valence-electron chi connectivity index (χ1n) is 10.0. The van der Waals surface area contributed by atoms with Gasteiger partial charge in [-0.2, -0.15) is 0 Å². The zero-order chi connectivity index (χ0) is 23.5. The molecule has 0 radical (unpaired) electrons. The summed E-state index contributed by atoms with van der Waals surface area (Å²) in [7, 11) is 0. The van der Waals surface area contributed by atoms with Gasteiger partial charge in [0.05, 0.1) is 22.2 Å². The Labute approximate surface area is 186 Å². The third kappa shape index (κ3) is 4.28. The van der Waals surface area contributed by atoms with E-state index in [9.17, 15) is 24.5 Å². The molecule has 0 bridgehead atoms. The van der Waals surface area contributed by atoms with Crippen molar-refractivity contribution in [3.63, 3.8) is 0 Å². The zero-order valence-electron chi connectivity index (χ0n) is 17.1. The Kier molecular flexibility index (Phi) is 5.85. The molecule has 2 aromatic carbocycles. The minimum Gasteiger partial charge on any atom is -0.465 e. The Hall–Kier alpha value is -4.54. The van der Waals surface area contributed by atoms with Gasteiger partial charge in [-0.15, -0.1) is 0 Å². The summed E-state index contributed by atoms with van der Waals surface area (Å²) in [5.41, 5.74) is 0.821. The maximum Gasteiger partial charge on any atom is 0.404 e. The number of nitrogens with one attached hydrogen (secondary N) is 1. The molecular formula is C22H18N4O7. The summed E-state index contributed by atoms with van der Waals surface area (Å²) in [6.07, 6.45) is 0.686. The van der Waals surface area contributed by atoms with E-state index < -0.39 is 28.9 Å². The number of oxazole rings is 1. The van der Waals surface area contributed by atoms with Gasteiger partial charge in [0, 0.05) is 24.2 Å². The SMILES string of the molecule is O=C(O)NCCCC(c1ncc(-c2cccc([N+](=O)[O-])c2)o1)N1C(=O)c2ccccc2C1=O. The number of rotatable bonds is 8. The van der Waals surface area contributed by atoms with Gasteiger partial charge in [-0.1, -0.05) is 24.3 Å². The van der Waals surface area contributed by atoms with Crippen LogP contribution in [-0.2, 0) is 0 Å². The lowest BCUT2D eigenvalue weighted by molar-refractivity contribution is -0.384. The van der Waals surface area contributed by atoms with E-state index in [0.717, 1.165) is 4.90 Å². The molecule has 168 valence electrons. The van der Waals surface area contributed by atoms with Crippen molar-refractivity contribution < 1.29 is 28.8 Å². The molecule has 0 saturated carbocycles. The number of amides is 3. The summed E-state index contributed by atoms with van der Waals surface area (Å²) in [5.74, 6) is -0.691. The van der Waals surface area contributed by atoms with Crippen LogP contribution in [0.4, 0.5) is 10.5 Å². The van der Waals surface area contributed by atoms with Crippen molar-refractivity contribution in [2.75, 3.05) is 6.54 Å². The van der Waals surface area contributed by atoms with E-state index in [2.05, 4.69) is 10.3 Å². The molecule has 1 aromatic heterocycles. The number of nitro groups is 1. The molecule has 2 heterocycles. The molecule has 0 spiro atoms. The first-order valence-corrected chi connectivity index (χ1v) is 10.0. The standard InChI is InChI=1S/C22H18N4O7/c27-20-15-7-1-2-8-16(15)21(28)25(20)17(9-4-10-23-22(29)30)19-24-12-18(33-19)13-5-3-6-14(11-13)26(31)32/h1-3,5-8,11-12,17,23H,4,9-10H2,(H,29,30). The van der Waals surface area contributed by atoms with Crippen LogP contribution in [0, 0.1) is 10.1 Å². The second-order valence-electron chi connectivity index (χ2n) is 7.29. The third-order valence-electron chi connectivity index (χ3n) is 5.22. The number of aromatic nitrogens is 1. The molecule has 1 aliphatic heterocycles. The van der Waals surface area contributed by atoms with Crippen molar-refractivity contribution in [1.82, 2.24) is 15.2 Å². The predicted octanol–water partition coefficient (Wildman–Crippen LogP) is 3.63. The number of hydrogen-bond acceptors (Lipinski definition) is 7. The highest BCUT2D eigenvalue weighted by Crippen LogP contribution is 2.35. The molecule has 0 aliphatic carbocycles. The number of nitrogens with zero attached hydrogens (tertiary/aromatic N) is 3. The van der Waals surface area contributed by atoms with Crippen LogP contribution in [0.1, 0.15) is 45.5 Å². The number of benzene rings is 2. The molecule has 4 rings (SSSR count). The van der Waals surface area contributed by atoms with Crippen molar-refractivity contribution in [3.05, 3.63) is 81.9 Å². The van der Waals surface area contributed by atoms with Crippen LogP contribution in [0.15, 0.2) is 59.1 Å². The Morgan fingerprint density at radius 1 is 1.15 bits per heavy atom. The average molecular weight is 450 g/mol. The summed E-state index contributed by atoms with van der Waals surface area (Å²) in [5, 5.41) is 22.1. The van der Waals surface area contributed by atoms with E-state index in [1.165, 1.54) is 24.4 Å². The number of carbonyl (C=O) groups is 3. The summed E-state index contributed by atoms with van der Waals surface area (Å²) < 4.78 is 5.84. The largest absolute Gasteiger partial charge is 0.465 e. The van der Waals surface area contributed by atoms with E-state index in [4.69, 9.17) is 9.52 Å². The highest BCUT2D eigenvalue weighted by Gasteiger charge is 2.42. The molecule has 1 atom stereocenters. The fourth-order valence-corrected chi connectivity index (χ4v) is 3.69. The smallest absolute Gasteiger partial charge is 0.404 e. The zero-order valence-corrected chi connectivity index (χ0v) is 17.1. The quantitative estimate of drug-likeness (QED) is 0.228. The van der Waals surface area contributed by atoms with Gasteiger partial charge in [-0.05, 0) is 25.0 Å². The second kappa shape index (κ2) is 8.91. The highest BCUT2D eigenvalue weighted by atomic mass is 16.6. The van der Waals surface area contributed by atoms with E-state index >= 15 is 0 Å². The lowest BCUT2D eigenvalue weighted by Gasteiger charge is -2.23. The second-order valence-corrected chi connectivity index (χ2v) is 7.29. The van der Waals surface area contributed by atoms with Crippen LogP contribution in [0.2, 0.25) is 0 Å². The number of non-ortho nitro benzene ring substituents is 1. The lowest BCUT2D eigenvalue weighted by atomic mass is 10.1. The number of fused-ring (bicyclic) bond motifs is 1. The van der Waals surface area contributed by atoms with Crippen LogP contribution in [0.3, 0.4) is 0 Å². The molecule has 33 heavy (non-hydrogen) atoms. The van der Waals surface area contributed by atoms with Gasteiger partial charge < -0.3 is 14.8 Å². The van der Waals surface area contributed by atoms with Gasteiger partial charge in [0.1, 0.15) is 6.04 Å². The first kappa shape index (κ1) is 21.7. The monoisotopic (exact) mass is 450 g/mol. The van der Waals surface area contributed by atoms with E-state index in [1.807, 2.05) is 0 Å². The number of imide groups is 1. The Bertz CT molecular complexity index is 1220. The Balaban J connectivity index is 1.66. The van der Waals surface area contributed by atoms with Gasteiger partial charge in [-0.25, -0.2) is 9.78 Å². The third-order valence-corrected chi connectivity index (χ3v) is 5.22. The number of hydrogen-bond donors (Lipinski definition) is 2. The van der Waals surface area contributed by atoms with Gasteiger partial charge in [0.15, 0.2) is 5.76 Å². The van der Waals surface area contributed by atoms with Crippen LogP contribution in [0.5, 0.6) is 0 Å². The topological polar surface area (TPSA) is 156 Å². The molecule has 11 nitrogen and oxygen atoms in total. The minimum atomic E-state index is -1.18. The van der Waals surface area contributed by atoms with E-state index in [-0.39, 0.29) is 41.4 Å². The van der Waals surface area contributed by atoms with Gasteiger partial charge in [0.2, 0.25) is 5.89 Å². The summed E-state index contributed by atoms with van der Waals surface area (Å²) in [6.45, 7) is 0.105. The molecule has 1 aliphatic rings. The predicted molar refractivity (Wildman–Crippen MR) is 114 cm³/mol. The molecule has 0 saturated heterocycles. The molecule has 1 unspecified atom stereocenters. The maximum atomic E-state index is 13.0. The first-order chi connectivity index (χ1) is 15.9.